The molecule has 5 heteroatoms. The van der Waals surface area contributed by atoms with Crippen LogP contribution in [0.2, 0.25) is 0 Å². The highest BCUT2D eigenvalue weighted by molar-refractivity contribution is 5.89. The number of nitrogens with zero attached hydrogens (tertiary/aromatic N) is 1. The van der Waals surface area contributed by atoms with Crippen LogP contribution in [0.5, 0.6) is 0 Å². The van der Waals surface area contributed by atoms with E-state index < -0.39 is 0 Å². The van der Waals surface area contributed by atoms with Gasteiger partial charge >= 0.3 is 5.97 Å². The average Bonchev–Trinajstić information content (AvgIpc) is 2.49. The van der Waals surface area contributed by atoms with E-state index in [-0.39, 0.29) is 17.5 Å². The van der Waals surface area contributed by atoms with E-state index in [1.807, 2.05) is 0 Å². The fourth-order valence-electron chi connectivity index (χ4n) is 2.71. The summed E-state index contributed by atoms with van der Waals surface area (Å²) in [7, 11) is 0. The molecular weight excluding hydrogens is 268 g/mol. The summed E-state index contributed by atoms with van der Waals surface area (Å²) in [5, 5.41) is 13.4. The third-order valence-corrected chi connectivity index (χ3v) is 4.23. The Labute approximate surface area is 125 Å². The smallest absolute Gasteiger partial charge is 0.339 e. The number of nitrogens with one attached hydrogen (secondary N) is 1. The molecule has 0 spiro atoms. The Morgan fingerprint density at radius 2 is 2.33 bits per heavy atom. The van der Waals surface area contributed by atoms with Crippen molar-refractivity contribution in [2.45, 2.75) is 45.6 Å². The highest BCUT2D eigenvalue weighted by Gasteiger charge is 2.35. The summed E-state index contributed by atoms with van der Waals surface area (Å²) in [6, 6.07) is 3.47. The van der Waals surface area contributed by atoms with E-state index in [0.717, 1.165) is 25.7 Å². The number of hydrogen-bond donors (Lipinski definition) is 2. The predicted octanol–water partition coefficient (Wildman–Crippen LogP) is 2.61. The van der Waals surface area contributed by atoms with E-state index in [1.165, 1.54) is 6.20 Å². The van der Waals surface area contributed by atoms with Crippen LogP contribution in [0.3, 0.4) is 0 Å². The Morgan fingerprint density at radius 1 is 1.52 bits per heavy atom. The van der Waals surface area contributed by atoms with Crippen molar-refractivity contribution in [2.24, 2.45) is 5.41 Å². The van der Waals surface area contributed by atoms with Gasteiger partial charge in [0.15, 0.2) is 0 Å². The first kappa shape index (κ1) is 15.8. The molecule has 1 aliphatic carbocycles. The van der Waals surface area contributed by atoms with Crippen molar-refractivity contribution in [1.82, 2.24) is 4.98 Å². The largest absolute Gasteiger partial charge is 0.462 e. The van der Waals surface area contributed by atoms with Crippen LogP contribution < -0.4 is 5.32 Å². The first-order valence-electron chi connectivity index (χ1n) is 7.60. The molecule has 21 heavy (non-hydrogen) atoms. The molecule has 0 amide bonds. The van der Waals surface area contributed by atoms with Crippen molar-refractivity contribution >= 4 is 11.8 Å². The number of pyridine rings is 1. The number of esters is 1. The maximum atomic E-state index is 11.5. The highest BCUT2D eigenvalue weighted by atomic mass is 16.5. The normalized spacial score (nSPS) is 25.4. The van der Waals surface area contributed by atoms with Crippen molar-refractivity contribution < 1.29 is 14.6 Å². The molecule has 1 saturated carbocycles. The number of hydrogen-bond acceptors (Lipinski definition) is 5. The maximum Gasteiger partial charge on any atom is 0.339 e. The number of carbonyl (C=O) groups excluding carboxylic acids is 1. The molecule has 0 bridgehead atoms. The summed E-state index contributed by atoms with van der Waals surface area (Å²) < 4.78 is 4.92. The second-order valence-corrected chi connectivity index (χ2v) is 5.92. The molecule has 1 heterocycles. The van der Waals surface area contributed by atoms with Gasteiger partial charge in [-0.05, 0) is 31.9 Å². The number of aliphatic hydroxyl groups is 1. The fourth-order valence-corrected chi connectivity index (χ4v) is 2.71. The molecule has 1 fully saturated rings. The zero-order chi connectivity index (χ0) is 15.3. The van der Waals surface area contributed by atoms with Crippen molar-refractivity contribution in [3.8, 4) is 0 Å². The Balaban J connectivity index is 1.93. The van der Waals surface area contributed by atoms with E-state index in [9.17, 15) is 9.90 Å². The Bertz CT molecular complexity index is 475. The molecule has 2 rings (SSSR count). The Morgan fingerprint density at radius 3 is 2.95 bits per heavy atom. The van der Waals surface area contributed by atoms with Crippen molar-refractivity contribution in [3.05, 3.63) is 23.9 Å². The first-order valence-corrected chi connectivity index (χ1v) is 7.60. The SMILES string of the molecule is CCOC(=O)c1ccc(NCC2(C)CCCCC2O)nc1. The van der Waals surface area contributed by atoms with Crippen LogP contribution in [-0.2, 0) is 4.74 Å². The van der Waals surface area contributed by atoms with Gasteiger partial charge in [0, 0.05) is 18.2 Å². The van der Waals surface area contributed by atoms with Gasteiger partial charge in [-0.3, -0.25) is 0 Å². The molecule has 0 aromatic carbocycles. The van der Waals surface area contributed by atoms with Crippen LogP contribution in [0.25, 0.3) is 0 Å². The number of carbonyl (C=O) groups is 1. The van der Waals surface area contributed by atoms with Crippen molar-refractivity contribution in [2.75, 3.05) is 18.5 Å². The van der Waals surface area contributed by atoms with Crippen LogP contribution in [0.15, 0.2) is 18.3 Å². The molecule has 2 N–H and O–H groups in total. The molecule has 1 aliphatic rings. The quantitative estimate of drug-likeness (QED) is 0.816. The fraction of sp³-hybridized carbons (Fsp3) is 0.625. The monoisotopic (exact) mass is 292 g/mol. The molecule has 2 atom stereocenters. The summed E-state index contributed by atoms with van der Waals surface area (Å²) in [6.45, 7) is 4.92. The second kappa shape index (κ2) is 6.89. The van der Waals surface area contributed by atoms with Crippen LogP contribution in [-0.4, -0.2) is 35.3 Å². The van der Waals surface area contributed by atoms with Crippen LogP contribution in [0.1, 0.15) is 49.9 Å². The molecule has 0 radical (unpaired) electrons. The minimum absolute atomic E-state index is 0.111. The molecule has 2 unspecified atom stereocenters. The van der Waals surface area contributed by atoms with Gasteiger partial charge in [0.1, 0.15) is 5.82 Å². The van der Waals surface area contributed by atoms with Gasteiger partial charge in [0.05, 0.1) is 18.3 Å². The molecule has 0 saturated heterocycles. The third-order valence-electron chi connectivity index (χ3n) is 4.23. The first-order chi connectivity index (χ1) is 10.0. The minimum Gasteiger partial charge on any atom is -0.462 e. The van der Waals surface area contributed by atoms with Gasteiger partial charge in [0.2, 0.25) is 0 Å². The molecule has 5 nitrogen and oxygen atoms in total. The van der Waals surface area contributed by atoms with E-state index in [2.05, 4.69) is 17.2 Å². The molecule has 0 aliphatic heterocycles. The molecule has 116 valence electrons. The zero-order valence-corrected chi connectivity index (χ0v) is 12.8. The summed E-state index contributed by atoms with van der Waals surface area (Å²) in [5.74, 6) is 0.355. The predicted molar refractivity (Wildman–Crippen MR) is 81.3 cm³/mol. The molecule has 1 aromatic rings. The second-order valence-electron chi connectivity index (χ2n) is 5.92. The van der Waals surface area contributed by atoms with Crippen LogP contribution in [0, 0.1) is 5.41 Å². The lowest BCUT2D eigenvalue weighted by atomic mass is 9.73. The summed E-state index contributed by atoms with van der Waals surface area (Å²) in [5.41, 5.74) is 0.339. The molecule has 1 aromatic heterocycles. The lowest BCUT2D eigenvalue weighted by Crippen LogP contribution is -2.41. The molecular formula is C16H24N2O3. The van der Waals surface area contributed by atoms with Gasteiger partial charge in [-0.15, -0.1) is 0 Å². The topological polar surface area (TPSA) is 71.5 Å². The Kier molecular flexibility index (Phi) is 5.17. The number of rotatable bonds is 5. The lowest BCUT2D eigenvalue weighted by molar-refractivity contribution is 0.00958. The highest BCUT2D eigenvalue weighted by Crippen LogP contribution is 2.36. The van der Waals surface area contributed by atoms with Crippen molar-refractivity contribution in [3.63, 3.8) is 0 Å². The van der Waals surface area contributed by atoms with Gasteiger partial charge < -0.3 is 15.2 Å². The summed E-state index contributed by atoms with van der Waals surface area (Å²) in [4.78, 5) is 15.8. The van der Waals surface area contributed by atoms with Gasteiger partial charge in [0.25, 0.3) is 0 Å². The van der Waals surface area contributed by atoms with Crippen LogP contribution >= 0.6 is 0 Å². The zero-order valence-electron chi connectivity index (χ0n) is 12.8. The van der Waals surface area contributed by atoms with E-state index in [0.29, 0.717) is 24.5 Å². The number of aromatic nitrogens is 1. The van der Waals surface area contributed by atoms with E-state index >= 15 is 0 Å². The number of ether oxygens (including phenoxy) is 1. The maximum absolute atomic E-state index is 11.5. The van der Waals surface area contributed by atoms with Gasteiger partial charge in [-0.1, -0.05) is 19.8 Å². The van der Waals surface area contributed by atoms with Crippen molar-refractivity contribution in [1.29, 1.82) is 0 Å². The standard InChI is InChI=1S/C16H24N2O3/c1-3-21-15(20)12-7-8-14(17-10-12)18-11-16(2)9-5-4-6-13(16)19/h7-8,10,13,19H,3-6,9,11H2,1-2H3,(H,17,18). The van der Waals surface area contributed by atoms with Gasteiger partial charge in [-0.25, -0.2) is 9.78 Å². The van der Waals surface area contributed by atoms with Gasteiger partial charge in [-0.2, -0.15) is 0 Å². The minimum atomic E-state index is -0.355. The lowest BCUT2D eigenvalue weighted by Gasteiger charge is -2.38. The van der Waals surface area contributed by atoms with E-state index in [4.69, 9.17) is 4.74 Å². The Hall–Kier alpha value is -1.62. The number of anilines is 1. The average molecular weight is 292 g/mol. The van der Waals surface area contributed by atoms with Crippen LogP contribution in [0.4, 0.5) is 5.82 Å². The summed E-state index contributed by atoms with van der Waals surface area (Å²) in [6.07, 6.45) is 5.39. The number of aliphatic hydroxyl groups excluding tert-OH is 1. The third kappa shape index (κ3) is 3.94. The van der Waals surface area contributed by atoms with E-state index in [1.54, 1.807) is 19.1 Å². The summed E-state index contributed by atoms with van der Waals surface area (Å²) >= 11 is 0.